The SMILES string of the molecule is COc1ccc(-c2ccccc2)cc1.COc1ccc2ccccc2c1.COc1cccc(-c2ccccc2)c1.COc1cccc2ccccc12.CSc1cccc(-c2ccccc2)c1.CSc1ccccc1.CSc1ccccc1-c1ccccc1. The van der Waals surface area contributed by atoms with Gasteiger partial charge in [0.15, 0.2) is 0 Å². The van der Waals surface area contributed by atoms with Crippen molar-refractivity contribution in [1.29, 1.82) is 0 Å². The van der Waals surface area contributed by atoms with E-state index in [1.54, 1.807) is 63.7 Å². The minimum absolute atomic E-state index is 0.893. The Kier molecular flexibility index (Phi) is 28.5. The van der Waals surface area contributed by atoms with Crippen LogP contribution in [0.3, 0.4) is 0 Å². The molecule has 0 unspecified atom stereocenters. The summed E-state index contributed by atoms with van der Waals surface area (Å²) in [6, 6.07) is 114. The maximum atomic E-state index is 5.23. The van der Waals surface area contributed by atoms with E-state index in [0.29, 0.717) is 0 Å². The molecule has 0 N–H and O–H groups in total. The van der Waals surface area contributed by atoms with E-state index in [9.17, 15) is 0 Å². The summed E-state index contributed by atoms with van der Waals surface area (Å²) in [7, 11) is 6.74. The van der Waals surface area contributed by atoms with Gasteiger partial charge in [-0.2, -0.15) is 0 Å². The third-order valence-corrected chi connectivity index (χ3v) is 15.9. The monoisotopic (exact) mass is 1210 g/mol. The molecule has 442 valence electrons. The highest BCUT2D eigenvalue weighted by Gasteiger charge is 2.03. The molecule has 0 saturated carbocycles. The molecule has 0 bridgehead atoms. The first-order valence-corrected chi connectivity index (χ1v) is 32.4. The number of hydrogen-bond acceptors (Lipinski definition) is 7. The zero-order chi connectivity index (χ0) is 61.8. The van der Waals surface area contributed by atoms with Crippen LogP contribution in [0.15, 0.2) is 348 Å². The fourth-order valence-electron chi connectivity index (χ4n) is 9.01. The fourth-order valence-corrected chi connectivity index (χ4v) is 10.5. The van der Waals surface area contributed by atoms with Gasteiger partial charge in [-0.15, -0.1) is 35.3 Å². The first-order valence-electron chi connectivity index (χ1n) is 28.8. The van der Waals surface area contributed by atoms with Gasteiger partial charge in [0.1, 0.15) is 23.0 Å². The predicted octanol–water partition coefficient (Wildman–Crippen LogP) is 23.0. The molecule has 0 aliphatic carbocycles. The molecule has 13 aromatic rings. The summed E-state index contributed by atoms with van der Waals surface area (Å²) in [5.74, 6) is 3.64. The summed E-state index contributed by atoms with van der Waals surface area (Å²) in [4.78, 5) is 3.97. The van der Waals surface area contributed by atoms with Gasteiger partial charge in [-0.1, -0.05) is 261 Å². The zero-order valence-corrected chi connectivity index (χ0v) is 53.6. The number of benzene rings is 13. The van der Waals surface area contributed by atoms with Crippen LogP contribution in [0.4, 0.5) is 0 Å². The van der Waals surface area contributed by atoms with Gasteiger partial charge in [-0.05, 0) is 152 Å². The summed E-state index contributed by atoms with van der Waals surface area (Å²) in [6.45, 7) is 0. The summed E-state index contributed by atoms with van der Waals surface area (Å²) < 4.78 is 20.6. The summed E-state index contributed by atoms with van der Waals surface area (Å²) in [5, 5.41) is 4.86. The molecule has 0 saturated heterocycles. The van der Waals surface area contributed by atoms with Crippen molar-refractivity contribution in [2.45, 2.75) is 14.7 Å². The minimum atomic E-state index is 0.893. The lowest BCUT2D eigenvalue weighted by molar-refractivity contribution is 0.415. The van der Waals surface area contributed by atoms with Gasteiger partial charge >= 0.3 is 0 Å². The van der Waals surface area contributed by atoms with E-state index in [1.807, 2.05) is 146 Å². The molecule has 0 aliphatic rings. The van der Waals surface area contributed by atoms with E-state index < -0.39 is 0 Å². The number of fused-ring (bicyclic) bond motifs is 2. The number of methoxy groups -OCH3 is 4. The van der Waals surface area contributed by atoms with Crippen LogP contribution in [0.2, 0.25) is 0 Å². The lowest BCUT2D eigenvalue weighted by Crippen LogP contribution is -1.83. The Morgan fingerprint density at radius 1 is 0.227 bits per heavy atom. The van der Waals surface area contributed by atoms with Crippen LogP contribution < -0.4 is 18.9 Å². The van der Waals surface area contributed by atoms with Crippen molar-refractivity contribution in [3.05, 3.63) is 334 Å². The average molecular weight is 1210 g/mol. The second-order valence-corrected chi connectivity index (χ2v) is 21.9. The van der Waals surface area contributed by atoms with E-state index >= 15 is 0 Å². The topological polar surface area (TPSA) is 36.9 Å². The van der Waals surface area contributed by atoms with E-state index in [2.05, 4.69) is 207 Å². The minimum Gasteiger partial charge on any atom is -0.497 e. The van der Waals surface area contributed by atoms with E-state index in [4.69, 9.17) is 18.9 Å². The van der Waals surface area contributed by atoms with Gasteiger partial charge in [-0.3, -0.25) is 0 Å². The Morgan fingerprint density at radius 3 is 1.17 bits per heavy atom. The predicted molar refractivity (Wildman–Crippen MR) is 383 cm³/mol. The number of thioether (sulfide) groups is 3. The Labute approximate surface area is 535 Å². The number of hydrogen-bond donors (Lipinski definition) is 0. The van der Waals surface area contributed by atoms with Crippen molar-refractivity contribution in [1.82, 2.24) is 0 Å². The van der Waals surface area contributed by atoms with Gasteiger partial charge in [-0.25, -0.2) is 0 Å². The fraction of sp³-hybridized carbons (Fsp3) is 0.0864. The van der Waals surface area contributed by atoms with Crippen LogP contribution >= 0.6 is 35.3 Å². The van der Waals surface area contributed by atoms with E-state index in [1.165, 1.54) is 80.7 Å². The van der Waals surface area contributed by atoms with Gasteiger partial charge in [0.2, 0.25) is 0 Å². The molecule has 0 atom stereocenters. The molecule has 0 aromatic heterocycles. The quantitative estimate of drug-likeness (QED) is 0.119. The number of ether oxygens (including phenoxy) is 4. The van der Waals surface area contributed by atoms with Crippen LogP contribution in [0.5, 0.6) is 23.0 Å². The Morgan fingerprint density at radius 2 is 0.625 bits per heavy atom. The van der Waals surface area contributed by atoms with Crippen molar-refractivity contribution < 1.29 is 18.9 Å². The molecule has 4 nitrogen and oxygen atoms in total. The molecule has 88 heavy (non-hydrogen) atoms. The third-order valence-electron chi connectivity index (χ3n) is 13.6. The van der Waals surface area contributed by atoms with Gasteiger partial charge in [0, 0.05) is 20.1 Å². The van der Waals surface area contributed by atoms with E-state index in [-0.39, 0.29) is 0 Å². The van der Waals surface area contributed by atoms with Crippen molar-refractivity contribution in [2.75, 3.05) is 47.2 Å². The Bertz CT molecular complexity index is 3920. The molecule has 0 aliphatic heterocycles. The molecule has 0 amide bonds. The molecule has 13 aromatic carbocycles. The van der Waals surface area contributed by atoms with E-state index in [0.717, 1.165) is 23.0 Å². The second kappa shape index (κ2) is 37.9. The smallest absolute Gasteiger partial charge is 0.126 e. The molecule has 0 fully saturated rings. The maximum Gasteiger partial charge on any atom is 0.126 e. The van der Waals surface area contributed by atoms with Gasteiger partial charge in [0.25, 0.3) is 0 Å². The lowest BCUT2D eigenvalue weighted by Gasteiger charge is -2.06. The standard InChI is InChI=1S/2C13H12O.2C13H12S.2C11H10O.C7H8S/c1-14-13-9-5-8-12(10-13)11-6-3-2-4-7-11;1-14-13-9-7-12(8-10-13)11-5-3-2-4-6-11;1-14-13-10-6-5-9-12(13)11-7-3-2-4-8-11;1-14-13-9-5-8-12(10-13)11-6-3-2-4-7-11;1-12-11-8-4-6-9-5-2-3-7-10(9)11;1-12-11-7-6-9-4-2-3-5-10(9)8-11;1-8-7-5-3-2-4-6-7/h4*2-10H,1H3;2*2-8H,1H3;2-6H,1H3. The average Bonchev–Trinajstić information content (AvgIpc) is 3.83. The largest absolute Gasteiger partial charge is 0.497 e. The van der Waals surface area contributed by atoms with Crippen LogP contribution in [-0.4, -0.2) is 47.2 Å². The molecule has 13 rings (SSSR count). The number of rotatable bonds is 11. The van der Waals surface area contributed by atoms with Crippen LogP contribution in [0, 0.1) is 0 Å². The van der Waals surface area contributed by atoms with Crippen molar-refractivity contribution in [3.8, 4) is 67.5 Å². The highest BCUT2D eigenvalue weighted by molar-refractivity contribution is 7.99. The first kappa shape index (κ1) is 66.2. The highest BCUT2D eigenvalue weighted by atomic mass is 32.2. The third kappa shape index (κ3) is 21.5. The molecule has 0 spiro atoms. The van der Waals surface area contributed by atoms with Gasteiger partial charge in [0.05, 0.1) is 28.4 Å². The molecule has 0 heterocycles. The Hall–Kier alpha value is -9.37. The normalized spacial score (nSPS) is 9.90. The molecular weight excluding hydrogens is 1130 g/mol. The van der Waals surface area contributed by atoms with Crippen molar-refractivity contribution in [3.63, 3.8) is 0 Å². The van der Waals surface area contributed by atoms with Crippen molar-refractivity contribution >= 4 is 56.8 Å². The molecule has 7 heteroatoms. The van der Waals surface area contributed by atoms with Crippen LogP contribution in [-0.2, 0) is 0 Å². The second-order valence-electron chi connectivity index (χ2n) is 19.3. The Balaban J connectivity index is 0.000000147. The van der Waals surface area contributed by atoms with Crippen LogP contribution in [0.25, 0.3) is 66.1 Å². The molecule has 0 radical (unpaired) electrons. The van der Waals surface area contributed by atoms with Crippen LogP contribution in [0.1, 0.15) is 0 Å². The van der Waals surface area contributed by atoms with Crippen molar-refractivity contribution in [2.24, 2.45) is 0 Å². The molecular formula is C81H76O4S3. The summed E-state index contributed by atoms with van der Waals surface area (Å²) in [6.07, 6.45) is 6.29. The lowest BCUT2D eigenvalue weighted by atomic mass is 10.1. The van der Waals surface area contributed by atoms with Gasteiger partial charge < -0.3 is 18.9 Å². The summed E-state index contributed by atoms with van der Waals surface area (Å²) in [5.41, 5.74) is 10.0. The first-order chi connectivity index (χ1) is 43.4. The summed E-state index contributed by atoms with van der Waals surface area (Å²) >= 11 is 5.34. The zero-order valence-electron chi connectivity index (χ0n) is 51.1. The maximum absolute atomic E-state index is 5.23. The highest BCUT2D eigenvalue weighted by Crippen LogP contribution is 2.31.